The van der Waals surface area contributed by atoms with Crippen LogP contribution in [0.15, 0.2) is 0 Å². The van der Waals surface area contributed by atoms with Crippen molar-refractivity contribution < 1.29 is 4.74 Å². The van der Waals surface area contributed by atoms with Crippen LogP contribution in [0, 0.1) is 0 Å². The van der Waals surface area contributed by atoms with Gasteiger partial charge in [-0.1, -0.05) is 6.92 Å². The standard InChI is InChI=1S/C13H29N3O/c1-4-16-10-9-15(12-13(16)2)8-7-14-6-5-11-17-3/h13-14H,4-12H2,1-3H3. The number of likely N-dealkylation sites (N-methyl/N-ethyl adjacent to an activating group) is 1. The van der Waals surface area contributed by atoms with Crippen molar-refractivity contribution in [3.8, 4) is 0 Å². The molecule has 1 aliphatic heterocycles. The molecule has 0 spiro atoms. The number of piperazine rings is 1. The summed E-state index contributed by atoms with van der Waals surface area (Å²) < 4.78 is 5.02. The molecule has 1 atom stereocenters. The summed E-state index contributed by atoms with van der Waals surface area (Å²) in [5, 5.41) is 3.47. The summed E-state index contributed by atoms with van der Waals surface area (Å²) in [4.78, 5) is 5.13. The molecule has 17 heavy (non-hydrogen) atoms. The summed E-state index contributed by atoms with van der Waals surface area (Å²) in [5.74, 6) is 0. The molecule has 0 amide bonds. The first-order chi connectivity index (χ1) is 8.27. The molecule has 0 aromatic carbocycles. The zero-order valence-corrected chi connectivity index (χ0v) is 11.7. The Morgan fingerprint density at radius 2 is 2.12 bits per heavy atom. The fraction of sp³-hybridized carbons (Fsp3) is 1.00. The van der Waals surface area contributed by atoms with E-state index in [1.54, 1.807) is 7.11 Å². The van der Waals surface area contributed by atoms with Gasteiger partial charge in [0.1, 0.15) is 0 Å². The van der Waals surface area contributed by atoms with Crippen molar-refractivity contribution in [2.75, 3.05) is 59.5 Å². The molecule has 1 fully saturated rings. The van der Waals surface area contributed by atoms with Crippen LogP contribution in [-0.2, 0) is 4.74 Å². The van der Waals surface area contributed by atoms with E-state index in [0.29, 0.717) is 6.04 Å². The summed E-state index contributed by atoms with van der Waals surface area (Å²) in [6.45, 7) is 13.6. The summed E-state index contributed by atoms with van der Waals surface area (Å²) >= 11 is 0. The Morgan fingerprint density at radius 1 is 1.29 bits per heavy atom. The van der Waals surface area contributed by atoms with Crippen LogP contribution in [0.2, 0.25) is 0 Å². The van der Waals surface area contributed by atoms with Gasteiger partial charge in [0.25, 0.3) is 0 Å². The predicted octanol–water partition coefficient (Wildman–Crippen LogP) is 0.639. The van der Waals surface area contributed by atoms with Gasteiger partial charge in [0.2, 0.25) is 0 Å². The summed E-state index contributed by atoms with van der Waals surface area (Å²) in [7, 11) is 1.76. The Balaban J connectivity index is 2.01. The zero-order chi connectivity index (χ0) is 12.5. The largest absolute Gasteiger partial charge is 0.385 e. The molecule has 1 saturated heterocycles. The highest BCUT2D eigenvalue weighted by Crippen LogP contribution is 2.07. The first kappa shape index (κ1) is 14.9. The molecule has 0 aromatic rings. The topological polar surface area (TPSA) is 27.7 Å². The highest BCUT2D eigenvalue weighted by atomic mass is 16.5. The second-order valence-corrected chi connectivity index (χ2v) is 4.87. The molecular weight excluding hydrogens is 214 g/mol. The minimum atomic E-state index is 0.710. The molecule has 1 unspecified atom stereocenters. The third kappa shape index (κ3) is 5.82. The molecule has 0 radical (unpaired) electrons. The number of hydrogen-bond donors (Lipinski definition) is 1. The van der Waals surface area contributed by atoms with E-state index < -0.39 is 0 Å². The molecule has 0 saturated carbocycles. The summed E-state index contributed by atoms with van der Waals surface area (Å²) in [5.41, 5.74) is 0. The van der Waals surface area contributed by atoms with Crippen molar-refractivity contribution in [3.05, 3.63) is 0 Å². The lowest BCUT2D eigenvalue weighted by Gasteiger charge is -2.39. The first-order valence-electron chi connectivity index (χ1n) is 6.94. The third-order valence-corrected chi connectivity index (χ3v) is 3.56. The first-order valence-corrected chi connectivity index (χ1v) is 6.94. The third-order valence-electron chi connectivity index (χ3n) is 3.56. The van der Waals surface area contributed by atoms with Crippen molar-refractivity contribution in [2.24, 2.45) is 0 Å². The van der Waals surface area contributed by atoms with Crippen LogP contribution in [-0.4, -0.2) is 75.4 Å². The second kappa shape index (κ2) is 8.86. The second-order valence-electron chi connectivity index (χ2n) is 4.87. The maximum Gasteiger partial charge on any atom is 0.0474 e. The van der Waals surface area contributed by atoms with E-state index in [1.807, 2.05) is 0 Å². The van der Waals surface area contributed by atoms with Gasteiger partial charge in [0.15, 0.2) is 0 Å². The van der Waals surface area contributed by atoms with E-state index in [0.717, 1.165) is 26.1 Å². The zero-order valence-electron chi connectivity index (χ0n) is 11.7. The van der Waals surface area contributed by atoms with Gasteiger partial charge in [-0.3, -0.25) is 9.80 Å². The molecule has 0 aromatic heterocycles. The molecule has 1 heterocycles. The average molecular weight is 243 g/mol. The maximum absolute atomic E-state index is 5.02. The van der Waals surface area contributed by atoms with Crippen LogP contribution in [0.5, 0.6) is 0 Å². The van der Waals surface area contributed by atoms with Crippen LogP contribution in [0.4, 0.5) is 0 Å². The number of ether oxygens (including phenoxy) is 1. The van der Waals surface area contributed by atoms with Crippen LogP contribution >= 0.6 is 0 Å². The van der Waals surface area contributed by atoms with E-state index >= 15 is 0 Å². The minimum absolute atomic E-state index is 0.710. The van der Waals surface area contributed by atoms with Gasteiger partial charge in [-0.15, -0.1) is 0 Å². The Labute approximate surface area is 106 Å². The molecular formula is C13H29N3O. The predicted molar refractivity (Wildman–Crippen MR) is 72.5 cm³/mol. The summed E-state index contributed by atoms with van der Waals surface area (Å²) in [6, 6.07) is 0.710. The fourth-order valence-corrected chi connectivity index (χ4v) is 2.45. The molecule has 0 aliphatic carbocycles. The molecule has 4 heteroatoms. The van der Waals surface area contributed by atoms with Gasteiger partial charge in [-0.25, -0.2) is 0 Å². The van der Waals surface area contributed by atoms with Gasteiger partial charge < -0.3 is 10.1 Å². The highest BCUT2D eigenvalue weighted by molar-refractivity contribution is 4.78. The van der Waals surface area contributed by atoms with Gasteiger partial charge >= 0.3 is 0 Å². The van der Waals surface area contributed by atoms with E-state index in [1.165, 1.54) is 32.7 Å². The van der Waals surface area contributed by atoms with Crippen molar-refractivity contribution in [1.29, 1.82) is 0 Å². The number of hydrogen-bond acceptors (Lipinski definition) is 4. The van der Waals surface area contributed by atoms with Gasteiger partial charge in [0.05, 0.1) is 0 Å². The Bertz CT molecular complexity index is 190. The van der Waals surface area contributed by atoms with E-state index in [4.69, 9.17) is 4.74 Å². The van der Waals surface area contributed by atoms with E-state index in [-0.39, 0.29) is 0 Å². The molecule has 4 nitrogen and oxygen atoms in total. The molecule has 1 aliphatic rings. The monoisotopic (exact) mass is 243 g/mol. The highest BCUT2D eigenvalue weighted by Gasteiger charge is 2.21. The Morgan fingerprint density at radius 3 is 2.76 bits per heavy atom. The average Bonchev–Trinajstić information content (AvgIpc) is 2.34. The van der Waals surface area contributed by atoms with E-state index in [2.05, 4.69) is 29.0 Å². The van der Waals surface area contributed by atoms with Crippen molar-refractivity contribution in [2.45, 2.75) is 26.3 Å². The smallest absolute Gasteiger partial charge is 0.0474 e. The van der Waals surface area contributed by atoms with Crippen LogP contribution in [0.3, 0.4) is 0 Å². The lowest BCUT2D eigenvalue weighted by atomic mass is 10.2. The van der Waals surface area contributed by atoms with Crippen LogP contribution < -0.4 is 5.32 Å². The van der Waals surface area contributed by atoms with Crippen molar-refractivity contribution >= 4 is 0 Å². The van der Waals surface area contributed by atoms with Crippen molar-refractivity contribution in [3.63, 3.8) is 0 Å². The Hall–Kier alpha value is -0.160. The molecule has 1 N–H and O–H groups in total. The number of rotatable bonds is 8. The minimum Gasteiger partial charge on any atom is -0.385 e. The number of methoxy groups -OCH3 is 1. The maximum atomic E-state index is 5.02. The van der Waals surface area contributed by atoms with E-state index in [9.17, 15) is 0 Å². The Kier molecular flexibility index (Phi) is 7.77. The van der Waals surface area contributed by atoms with Gasteiger partial charge in [0, 0.05) is 52.5 Å². The molecule has 1 rings (SSSR count). The number of nitrogens with zero attached hydrogens (tertiary/aromatic N) is 2. The molecule has 102 valence electrons. The van der Waals surface area contributed by atoms with Crippen LogP contribution in [0.1, 0.15) is 20.3 Å². The number of nitrogens with one attached hydrogen (secondary N) is 1. The fourth-order valence-electron chi connectivity index (χ4n) is 2.45. The summed E-state index contributed by atoms with van der Waals surface area (Å²) in [6.07, 6.45) is 1.11. The lowest BCUT2D eigenvalue weighted by Crippen LogP contribution is -2.52. The normalized spacial score (nSPS) is 23.1. The van der Waals surface area contributed by atoms with Gasteiger partial charge in [-0.05, 0) is 26.4 Å². The van der Waals surface area contributed by atoms with Gasteiger partial charge in [-0.2, -0.15) is 0 Å². The van der Waals surface area contributed by atoms with Crippen molar-refractivity contribution in [1.82, 2.24) is 15.1 Å². The molecule has 0 bridgehead atoms. The van der Waals surface area contributed by atoms with Crippen LogP contribution in [0.25, 0.3) is 0 Å². The quantitative estimate of drug-likeness (QED) is 0.633. The lowest BCUT2D eigenvalue weighted by molar-refractivity contribution is 0.0886. The SMILES string of the molecule is CCN1CCN(CCNCCCOC)CC1C.